The van der Waals surface area contributed by atoms with Gasteiger partial charge in [-0.05, 0) is 6.92 Å². The van der Waals surface area contributed by atoms with Gasteiger partial charge in [0.05, 0.1) is 0 Å². The molecular formula is C7H8N2O2. The molecule has 1 rings (SSSR count). The maximum atomic E-state index is 11.0. The third kappa shape index (κ3) is 1.29. The molecule has 1 aromatic rings. The van der Waals surface area contributed by atoms with E-state index in [1.54, 1.807) is 0 Å². The van der Waals surface area contributed by atoms with Crippen LogP contribution in [-0.2, 0) is 0 Å². The van der Waals surface area contributed by atoms with Crippen LogP contribution in [0, 0.1) is 0 Å². The summed E-state index contributed by atoms with van der Waals surface area (Å²) in [4.78, 5) is 24.3. The second-order valence-corrected chi connectivity index (χ2v) is 2.19. The van der Waals surface area contributed by atoms with Gasteiger partial charge in [0.15, 0.2) is 11.2 Å². The summed E-state index contributed by atoms with van der Waals surface area (Å²) in [5.41, 5.74) is 5.04. The molecule has 0 fully saturated rings. The van der Waals surface area contributed by atoms with Gasteiger partial charge in [-0.15, -0.1) is 0 Å². The van der Waals surface area contributed by atoms with Crippen molar-refractivity contribution in [3.63, 3.8) is 0 Å². The maximum absolute atomic E-state index is 11.0. The van der Waals surface area contributed by atoms with Crippen LogP contribution in [0.25, 0.3) is 0 Å². The third-order valence-corrected chi connectivity index (χ3v) is 1.34. The Morgan fingerprint density at radius 3 is 2.64 bits per heavy atom. The maximum Gasteiger partial charge on any atom is 0.194 e. The van der Waals surface area contributed by atoms with Gasteiger partial charge in [0, 0.05) is 12.3 Å². The molecule has 0 unspecified atom stereocenters. The van der Waals surface area contributed by atoms with Crippen molar-refractivity contribution in [1.29, 1.82) is 0 Å². The van der Waals surface area contributed by atoms with Gasteiger partial charge >= 0.3 is 0 Å². The number of hydrogen-bond donors (Lipinski definition) is 2. The van der Waals surface area contributed by atoms with E-state index in [0.29, 0.717) is 0 Å². The highest BCUT2D eigenvalue weighted by molar-refractivity contribution is 5.97. The van der Waals surface area contributed by atoms with Crippen molar-refractivity contribution >= 4 is 11.6 Å². The second kappa shape index (κ2) is 2.57. The first-order chi connectivity index (χ1) is 5.13. The fourth-order valence-electron chi connectivity index (χ4n) is 0.859. The second-order valence-electron chi connectivity index (χ2n) is 2.19. The summed E-state index contributed by atoms with van der Waals surface area (Å²) < 4.78 is 0. The van der Waals surface area contributed by atoms with Gasteiger partial charge in [0.1, 0.15) is 11.4 Å². The number of ketones is 1. The Morgan fingerprint density at radius 1 is 1.64 bits per heavy atom. The van der Waals surface area contributed by atoms with E-state index in [2.05, 4.69) is 4.98 Å². The predicted molar refractivity (Wildman–Crippen MR) is 41.5 cm³/mol. The zero-order chi connectivity index (χ0) is 8.43. The van der Waals surface area contributed by atoms with Crippen LogP contribution in [0.1, 0.15) is 17.3 Å². The Labute approximate surface area is 63.0 Å². The monoisotopic (exact) mass is 152 g/mol. The molecule has 0 aromatic carbocycles. The van der Waals surface area contributed by atoms with Gasteiger partial charge in [-0.2, -0.15) is 0 Å². The normalized spacial score (nSPS) is 9.55. The van der Waals surface area contributed by atoms with Gasteiger partial charge in [0.25, 0.3) is 0 Å². The first kappa shape index (κ1) is 7.53. The van der Waals surface area contributed by atoms with E-state index in [-0.39, 0.29) is 22.6 Å². The minimum absolute atomic E-state index is 0.0347. The molecule has 1 heterocycles. The van der Waals surface area contributed by atoms with Crippen LogP contribution >= 0.6 is 0 Å². The number of rotatable bonds is 1. The smallest absolute Gasteiger partial charge is 0.194 e. The summed E-state index contributed by atoms with van der Waals surface area (Å²) in [6, 6.07) is 1.27. The van der Waals surface area contributed by atoms with Crippen molar-refractivity contribution in [3.8, 4) is 0 Å². The molecule has 0 atom stereocenters. The molecule has 0 aliphatic rings. The number of H-pyrrole nitrogens is 1. The summed E-state index contributed by atoms with van der Waals surface area (Å²) in [6.45, 7) is 1.31. The average Bonchev–Trinajstić information content (AvgIpc) is 1.85. The predicted octanol–water partition coefficient (Wildman–Crippen LogP) is 0.160. The van der Waals surface area contributed by atoms with Crippen LogP contribution in [0.3, 0.4) is 0 Å². The number of nitrogens with two attached hydrogens (primary N) is 1. The highest BCUT2D eigenvalue weighted by Gasteiger charge is 2.07. The standard InChI is InChI=1S/C7H8N2O2/c1-4(10)6-5(11)2-3-9-7(6)8/h2-3H,1H3,(H3,8,9,11). The van der Waals surface area contributed by atoms with Crippen LogP contribution in [0.15, 0.2) is 17.1 Å². The summed E-state index contributed by atoms with van der Waals surface area (Å²) in [5.74, 6) is -0.186. The molecule has 0 aliphatic carbocycles. The Morgan fingerprint density at radius 2 is 2.27 bits per heavy atom. The summed E-state index contributed by atoms with van der Waals surface area (Å²) in [6.07, 6.45) is 1.41. The van der Waals surface area contributed by atoms with Gasteiger partial charge in [-0.25, -0.2) is 0 Å². The molecule has 11 heavy (non-hydrogen) atoms. The average molecular weight is 152 g/mol. The van der Waals surface area contributed by atoms with Crippen LogP contribution in [-0.4, -0.2) is 10.8 Å². The molecule has 0 spiro atoms. The van der Waals surface area contributed by atoms with E-state index >= 15 is 0 Å². The molecule has 58 valence electrons. The van der Waals surface area contributed by atoms with Gasteiger partial charge in [-0.1, -0.05) is 0 Å². The summed E-state index contributed by atoms with van der Waals surface area (Å²) in [7, 11) is 0. The molecule has 4 nitrogen and oxygen atoms in total. The van der Waals surface area contributed by atoms with Crippen LogP contribution in [0.5, 0.6) is 0 Å². The number of nitrogen functional groups attached to an aromatic ring is 1. The zero-order valence-electron chi connectivity index (χ0n) is 6.05. The number of carbonyl (C=O) groups is 1. The Balaban J connectivity index is 3.45. The largest absolute Gasteiger partial charge is 0.385 e. The molecule has 0 bridgehead atoms. The lowest BCUT2D eigenvalue weighted by atomic mass is 10.2. The molecule has 1 aromatic heterocycles. The molecule has 3 N–H and O–H groups in total. The molecule has 0 radical (unpaired) electrons. The van der Waals surface area contributed by atoms with Crippen LogP contribution < -0.4 is 11.2 Å². The van der Waals surface area contributed by atoms with E-state index in [1.165, 1.54) is 19.2 Å². The van der Waals surface area contributed by atoms with Crippen molar-refractivity contribution < 1.29 is 4.79 Å². The molecule has 4 heteroatoms. The topological polar surface area (TPSA) is 76.0 Å². The zero-order valence-corrected chi connectivity index (χ0v) is 6.05. The minimum atomic E-state index is -0.339. The van der Waals surface area contributed by atoms with E-state index in [0.717, 1.165) is 0 Å². The lowest BCUT2D eigenvalue weighted by Crippen LogP contribution is -2.15. The fourth-order valence-corrected chi connectivity index (χ4v) is 0.859. The summed E-state index contributed by atoms with van der Waals surface area (Å²) in [5, 5.41) is 0. The van der Waals surface area contributed by atoms with Crippen LogP contribution in [0.4, 0.5) is 5.82 Å². The van der Waals surface area contributed by atoms with Crippen molar-refractivity contribution in [3.05, 3.63) is 28.0 Å². The van der Waals surface area contributed by atoms with E-state index in [4.69, 9.17) is 5.73 Å². The third-order valence-electron chi connectivity index (χ3n) is 1.34. The summed E-state index contributed by atoms with van der Waals surface area (Å²) >= 11 is 0. The lowest BCUT2D eigenvalue weighted by molar-refractivity contribution is 0.101. The van der Waals surface area contributed by atoms with Crippen molar-refractivity contribution in [2.45, 2.75) is 6.92 Å². The number of aromatic amines is 1. The number of hydrogen-bond acceptors (Lipinski definition) is 3. The van der Waals surface area contributed by atoms with Crippen molar-refractivity contribution in [1.82, 2.24) is 4.98 Å². The lowest BCUT2D eigenvalue weighted by Gasteiger charge is -1.97. The minimum Gasteiger partial charge on any atom is -0.385 e. The van der Waals surface area contributed by atoms with Gasteiger partial charge in [0.2, 0.25) is 0 Å². The quantitative estimate of drug-likeness (QED) is 0.563. The van der Waals surface area contributed by atoms with Crippen LogP contribution in [0.2, 0.25) is 0 Å². The van der Waals surface area contributed by atoms with Crippen molar-refractivity contribution in [2.24, 2.45) is 0 Å². The SMILES string of the molecule is CC(=O)c1c(N)[nH]ccc1=O. The number of anilines is 1. The number of pyridine rings is 1. The fraction of sp³-hybridized carbons (Fsp3) is 0.143. The van der Waals surface area contributed by atoms with E-state index in [1.807, 2.05) is 0 Å². The highest BCUT2D eigenvalue weighted by atomic mass is 16.1. The highest BCUT2D eigenvalue weighted by Crippen LogP contribution is 2.00. The van der Waals surface area contributed by atoms with E-state index < -0.39 is 0 Å². The molecular weight excluding hydrogens is 144 g/mol. The molecule has 0 aliphatic heterocycles. The molecule has 0 saturated heterocycles. The number of nitrogens with one attached hydrogen (secondary N) is 1. The Bertz CT molecular complexity index is 341. The van der Waals surface area contributed by atoms with Crippen molar-refractivity contribution in [2.75, 3.05) is 5.73 Å². The Kier molecular flexibility index (Phi) is 1.76. The number of Topliss-reactive ketones (excluding diaryl/α,β-unsaturated/α-hetero) is 1. The first-order valence-electron chi connectivity index (χ1n) is 3.11. The van der Waals surface area contributed by atoms with E-state index in [9.17, 15) is 9.59 Å². The molecule has 0 amide bonds. The first-order valence-corrected chi connectivity index (χ1v) is 3.11. The van der Waals surface area contributed by atoms with Gasteiger partial charge < -0.3 is 10.7 Å². The molecule has 0 saturated carbocycles. The number of carbonyl (C=O) groups excluding carboxylic acids is 1. The Hall–Kier alpha value is -1.58. The number of aromatic nitrogens is 1. The van der Waals surface area contributed by atoms with Gasteiger partial charge in [-0.3, -0.25) is 9.59 Å².